The van der Waals surface area contributed by atoms with Gasteiger partial charge in [-0.2, -0.15) is 0 Å². The highest BCUT2D eigenvalue weighted by Crippen LogP contribution is 2.44. The molecule has 0 heterocycles. The van der Waals surface area contributed by atoms with Crippen LogP contribution in [-0.2, 0) is 14.3 Å². The van der Waals surface area contributed by atoms with Gasteiger partial charge in [0.2, 0.25) is 5.91 Å². The average Bonchev–Trinajstić information content (AvgIpc) is 3.15. The normalized spacial score (nSPS) is 22.3. The maximum absolute atomic E-state index is 12.8. The fourth-order valence-electron chi connectivity index (χ4n) is 5.91. The summed E-state index contributed by atoms with van der Waals surface area (Å²) < 4.78 is 5.71. The summed E-state index contributed by atoms with van der Waals surface area (Å²) in [6.07, 6.45) is 5.07. The Labute approximate surface area is 205 Å². The van der Waals surface area contributed by atoms with E-state index in [4.69, 9.17) is 4.74 Å². The second kappa shape index (κ2) is 9.72. The minimum atomic E-state index is -1.11. The van der Waals surface area contributed by atoms with E-state index in [-0.39, 0.29) is 36.8 Å². The van der Waals surface area contributed by atoms with Crippen LogP contribution in [0.1, 0.15) is 68.4 Å². The van der Waals surface area contributed by atoms with Crippen LogP contribution in [0.3, 0.4) is 0 Å². The Hall–Kier alpha value is -3.35. The highest BCUT2D eigenvalue weighted by atomic mass is 16.5. The van der Waals surface area contributed by atoms with Gasteiger partial charge >= 0.3 is 12.1 Å². The van der Waals surface area contributed by atoms with Gasteiger partial charge in [0, 0.05) is 18.4 Å². The van der Waals surface area contributed by atoms with Crippen LogP contribution in [0.15, 0.2) is 48.5 Å². The van der Waals surface area contributed by atoms with E-state index in [2.05, 4.69) is 34.9 Å². The zero-order valence-corrected chi connectivity index (χ0v) is 19.8. The maximum Gasteiger partial charge on any atom is 0.407 e. The van der Waals surface area contributed by atoms with Gasteiger partial charge in [0.05, 0.1) is 0 Å². The van der Waals surface area contributed by atoms with Crippen molar-refractivity contribution in [2.75, 3.05) is 6.61 Å². The molecular weight excluding hydrogens is 444 g/mol. The van der Waals surface area contributed by atoms with Crippen molar-refractivity contribution in [3.8, 4) is 11.1 Å². The Morgan fingerprint density at radius 1 is 0.914 bits per heavy atom. The number of carbonyl (C=O) groups excluding carboxylic acids is 2. The second-order valence-corrected chi connectivity index (χ2v) is 10.1. The molecule has 35 heavy (non-hydrogen) atoms. The van der Waals surface area contributed by atoms with E-state index in [0.29, 0.717) is 12.8 Å². The van der Waals surface area contributed by atoms with E-state index >= 15 is 0 Å². The van der Waals surface area contributed by atoms with Gasteiger partial charge in [0.1, 0.15) is 12.1 Å². The molecule has 184 valence electrons. The number of carboxylic acids is 1. The third-order valence-corrected chi connectivity index (χ3v) is 8.00. The molecule has 2 fully saturated rings. The number of carbonyl (C=O) groups is 3. The number of alkyl carbamates (subject to hydrolysis) is 1. The highest BCUT2D eigenvalue weighted by Gasteiger charge is 2.46. The molecule has 0 spiro atoms. The van der Waals surface area contributed by atoms with E-state index in [0.717, 1.165) is 43.2 Å². The molecule has 2 aromatic carbocycles. The predicted octanol–water partition coefficient (Wildman–Crippen LogP) is 4.60. The quantitative estimate of drug-likeness (QED) is 0.542. The van der Waals surface area contributed by atoms with Crippen LogP contribution >= 0.6 is 0 Å². The monoisotopic (exact) mass is 476 g/mol. The molecule has 5 rings (SSSR count). The first kappa shape index (κ1) is 23.4. The van der Waals surface area contributed by atoms with Gasteiger partial charge < -0.3 is 20.5 Å². The Balaban J connectivity index is 1.18. The van der Waals surface area contributed by atoms with Crippen LogP contribution < -0.4 is 10.6 Å². The maximum atomic E-state index is 12.8. The number of aliphatic carboxylic acids is 1. The van der Waals surface area contributed by atoms with E-state index < -0.39 is 17.6 Å². The van der Waals surface area contributed by atoms with Crippen molar-refractivity contribution in [1.29, 1.82) is 0 Å². The topological polar surface area (TPSA) is 105 Å². The SMILES string of the molecule is O=C(C[C@@H]1CCCC[C@@H]1NC(=O)OCC1c2ccccc2-c2ccccc21)NC1(C(=O)O)CCC1. The first-order valence-corrected chi connectivity index (χ1v) is 12.6. The van der Waals surface area contributed by atoms with Crippen molar-refractivity contribution in [2.24, 2.45) is 5.92 Å². The Bertz CT molecular complexity index is 1080. The van der Waals surface area contributed by atoms with E-state index in [1.165, 1.54) is 11.1 Å². The van der Waals surface area contributed by atoms with Gasteiger partial charge in [0.25, 0.3) is 0 Å². The van der Waals surface area contributed by atoms with Crippen molar-refractivity contribution in [3.63, 3.8) is 0 Å². The molecular formula is C28H32N2O5. The third kappa shape index (κ3) is 4.64. The molecule has 0 bridgehead atoms. The first-order valence-electron chi connectivity index (χ1n) is 12.6. The summed E-state index contributed by atoms with van der Waals surface area (Å²) in [5.74, 6) is -1.25. The summed E-state index contributed by atoms with van der Waals surface area (Å²) >= 11 is 0. The Morgan fingerprint density at radius 3 is 2.14 bits per heavy atom. The molecule has 2 atom stereocenters. The Morgan fingerprint density at radius 2 is 1.54 bits per heavy atom. The summed E-state index contributed by atoms with van der Waals surface area (Å²) in [5, 5.41) is 15.2. The summed E-state index contributed by atoms with van der Waals surface area (Å²) in [5.41, 5.74) is 3.58. The lowest BCUT2D eigenvalue weighted by atomic mass is 9.76. The molecule has 3 aliphatic rings. The number of benzene rings is 2. The van der Waals surface area contributed by atoms with Crippen molar-refractivity contribution >= 4 is 18.0 Å². The lowest BCUT2D eigenvalue weighted by Gasteiger charge is -2.39. The van der Waals surface area contributed by atoms with E-state index in [1.807, 2.05) is 24.3 Å². The Kier molecular flexibility index (Phi) is 6.50. The lowest BCUT2D eigenvalue weighted by molar-refractivity contribution is -0.152. The van der Waals surface area contributed by atoms with Crippen LogP contribution in [0.2, 0.25) is 0 Å². The van der Waals surface area contributed by atoms with Crippen molar-refractivity contribution in [3.05, 3.63) is 59.7 Å². The number of ether oxygens (including phenoxy) is 1. The molecule has 3 N–H and O–H groups in total. The molecule has 2 aromatic rings. The van der Waals surface area contributed by atoms with Crippen LogP contribution in [0.5, 0.6) is 0 Å². The van der Waals surface area contributed by atoms with Gasteiger partial charge in [-0.1, -0.05) is 61.4 Å². The fraction of sp³-hybridized carbons (Fsp3) is 0.464. The second-order valence-electron chi connectivity index (χ2n) is 10.1. The van der Waals surface area contributed by atoms with Gasteiger partial charge in [-0.3, -0.25) is 4.79 Å². The van der Waals surface area contributed by atoms with Crippen LogP contribution in [0.25, 0.3) is 11.1 Å². The molecule has 2 saturated carbocycles. The van der Waals surface area contributed by atoms with Crippen molar-refractivity contribution in [1.82, 2.24) is 10.6 Å². The molecule has 7 nitrogen and oxygen atoms in total. The van der Waals surface area contributed by atoms with E-state index in [9.17, 15) is 19.5 Å². The summed E-state index contributed by atoms with van der Waals surface area (Å²) in [6, 6.07) is 16.3. The number of hydrogen-bond acceptors (Lipinski definition) is 4. The number of hydrogen-bond donors (Lipinski definition) is 3. The minimum absolute atomic E-state index is 0.00392. The summed E-state index contributed by atoms with van der Waals surface area (Å²) in [6.45, 7) is 0.249. The smallest absolute Gasteiger partial charge is 0.407 e. The number of rotatable bonds is 7. The van der Waals surface area contributed by atoms with Gasteiger partial charge in [0.15, 0.2) is 0 Å². The molecule has 0 aromatic heterocycles. The van der Waals surface area contributed by atoms with Gasteiger partial charge in [-0.15, -0.1) is 0 Å². The van der Waals surface area contributed by atoms with Crippen LogP contribution in [-0.4, -0.2) is 41.3 Å². The number of nitrogens with one attached hydrogen (secondary N) is 2. The van der Waals surface area contributed by atoms with E-state index in [1.54, 1.807) is 0 Å². The van der Waals surface area contributed by atoms with Gasteiger partial charge in [-0.25, -0.2) is 9.59 Å². The summed E-state index contributed by atoms with van der Waals surface area (Å²) in [4.78, 5) is 37.0. The average molecular weight is 477 g/mol. The first-order chi connectivity index (χ1) is 17.0. The minimum Gasteiger partial charge on any atom is -0.480 e. The molecule has 7 heteroatoms. The van der Waals surface area contributed by atoms with Crippen LogP contribution in [0.4, 0.5) is 4.79 Å². The molecule has 0 saturated heterocycles. The predicted molar refractivity (Wildman–Crippen MR) is 131 cm³/mol. The third-order valence-electron chi connectivity index (χ3n) is 8.00. The number of fused-ring (bicyclic) bond motifs is 3. The van der Waals surface area contributed by atoms with Crippen molar-refractivity contribution in [2.45, 2.75) is 68.9 Å². The van der Waals surface area contributed by atoms with Crippen molar-refractivity contribution < 1.29 is 24.2 Å². The molecule has 0 unspecified atom stereocenters. The molecule has 3 aliphatic carbocycles. The standard InChI is InChI=1S/C28H32N2O5/c31-25(30-28(26(32)33)14-7-15-28)16-18-8-1-6-13-24(18)29-27(34)35-17-23-21-11-4-2-9-19(21)20-10-3-5-12-22(20)23/h2-5,9-12,18,23-24H,1,6-8,13-17H2,(H,29,34)(H,30,31)(H,32,33)/t18-,24-/m0/s1. The molecule has 0 radical (unpaired) electrons. The molecule has 0 aliphatic heterocycles. The number of amides is 2. The summed E-state index contributed by atoms with van der Waals surface area (Å²) in [7, 11) is 0. The molecule has 2 amide bonds. The van der Waals surface area contributed by atoms with Crippen LogP contribution in [0, 0.1) is 5.92 Å². The number of carboxylic acid groups (broad SMARTS) is 1. The van der Waals surface area contributed by atoms with Gasteiger partial charge in [-0.05, 0) is 60.3 Å². The zero-order chi connectivity index (χ0) is 24.4. The fourth-order valence-corrected chi connectivity index (χ4v) is 5.91. The zero-order valence-electron chi connectivity index (χ0n) is 19.8. The lowest BCUT2D eigenvalue weighted by Crippen LogP contribution is -2.59. The largest absolute Gasteiger partial charge is 0.480 e. The highest BCUT2D eigenvalue weighted by molar-refractivity contribution is 5.88.